The van der Waals surface area contributed by atoms with Crippen LogP contribution in [0.2, 0.25) is 0 Å². The summed E-state index contributed by atoms with van der Waals surface area (Å²) in [4.78, 5) is 25.3. The number of methoxy groups -OCH3 is 1. The largest absolute Gasteiger partial charge is 0.493 e. The third-order valence-electron chi connectivity index (χ3n) is 4.58. The first-order valence-corrected chi connectivity index (χ1v) is 12.0. The smallest absolute Gasteiger partial charge is 0.341 e. The highest BCUT2D eigenvalue weighted by Crippen LogP contribution is 2.37. The topological polar surface area (TPSA) is 73.9 Å². The maximum Gasteiger partial charge on any atom is 0.341 e. The summed E-state index contributed by atoms with van der Waals surface area (Å²) >= 11 is 4.69. The lowest BCUT2D eigenvalue weighted by atomic mass is 10.0. The average Bonchev–Trinajstić information content (AvgIpc) is 3.22. The van der Waals surface area contributed by atoms with Gasteiger partial charge in [-0.2, -0.15) is 0 Å². The van der Waals surface area contributed by atoms with E-state index in [2.05, 4.69) is 21.2 Å². The molecule has 1 amide bonds. The summed E-state index contributed by atoms with van der Waals surface area (Å²) in [5, 5.41) is 5.08. The van der Waals surface area contributed by atoms with Gasteiger partial charge in [0.25, 0.3) is 0 Å². The molecule has 3 rings (SSSR count). The van der Waals surface area contributed by atoms with Crippen molar-refractivity contribution in [1.82, 2.24) is 0 Å². The maximum atomic E-state index is 12.7. The molecule has 33 heavy (non-hydrogen) atoms. The zero-order valence-electron chi connectivity index (χ0n) is 18.5. The number of rotatable bonds is 9. The van der Waals surface area contributed by atoms with Crippen LogP contribution in [-0.2, 0) is 9.53 Å². The summed E-state index contributed by atoms with van der Waals surface area (Å²) in [5.74, 6) is 0.381. The Morgan fingerprint density at radius 3 is 2.48 bits per heavy atom. The molecule has 172 valence electrons. The summed E-state index contributed by atoms with van der Waals surface area (Å²) in [6.07, 6.45) is 3.07. The van der Waals surface area contributed by atoms with Gasteiger partial charge in [0.05, 0.1) is 20.3 Å². The molecule has 1 N–H and O–H groups in total. The number of halogens is 1. The molecule has 0 saturated heterocycles. The van der Waals surface area contributed by atoms with E-state index in [1.165, 1.54) is 17.4 Å². The van der Waals surface area contributed by atoms with Crippen molar-refractivity contribution in [1.29, 1.82) is 0 Å². The molecular formula is C25H24BrNO5S. The van der Waals surface area contributed by atoms with Crippen molar-refractivity contribution in [2.75, 3.05) is 25.6 Å². The number of thiophene rings is 1. The molecule has 8 heteroatoms. The molecule has 0 aliphatic rings. The molecule has 0 radical (unpaired) electrons. The first-order valence-electron chi connectivity index (χ1n) is 10.3. The monoisotopic (exact) mass is 529 g/mol. The van der Waals surface area contributed by atoms with Gasteiger partial charge in [-0.25, -0.2) is 4.79 Å². The predicted molar refractivity (Wildman–Crippen MR) is 135 cm³/mol. The Bertz CT molecular complexity index is 1150. The van der Waals surface area contributed by atoms with Crippen LogP contribution in [0.1, 0.15) is 29.8 Å². The fourth-order valence-corrected chi connectivity index (χ4v) is 4.31. The highest BCUT2D eigenvalue weighted by molar-refractivity contribution is 9.10. The van der Waals surface area contributed by atoms with Crippen molar-refractivity contribution in [2.45, 2.75) is 13.8 Å². The van der Waals surface area contributed by atoms with Gasteiger partial charge in [-0.15, -0.1) is 11.3 Å². The number of hydrogen-bond acceptors (Lipinski definition) is 6. The second kappa shape index (κ2) is 11.7. The molecular weight excluding hydrogens is 506 g/mol. The van der Waals surface area contributed by atoms with Gasteiger partial charge < -0.3 is 19.5 Å². The lowest BCUT2D eigenvalue weighted by Gasteiger charge is -2.09. The molecule has 1 heterocycles. The van der Waals surface area contributed by atoms with Crippen molar-refractivity contribution >= 4 is 50.2 Å². The standard InChI is InChI=1S/C25H24BrNO5S/c1-4-31-20-12-6-16(14-21(20)30-3)7-13-22(28)27-24-23(25(29)32-5-2)19(15-33-24)17-8-10-18(26)11-9-17/h6-15H,4-5H2,1-3H3,(H,27,28)/b13-7+. The number of amides is 1. The van der Waals surface area contributed by atoms with Crippen LogP contribution >= 0.6 is 27.3 Å². The number of carbonyl (C=O) groups is 2. The van der Waals surface area contributed by atoms with Crippen molar-refractivity contribution in [3.05, 3.63) is 69.5 Å². The number of hydrogen-bond donors (Lipinski definition) is 1. The fraction of sp³-hybridized carbons (Fsp3) is 0.200. The van der Waals surface area contributed by atoms with E-state index in [1.807, 2.05) is 42.6 Å². The van der Waals surface area contributed by atoms with Gasteiger partial charge in [-0.3, -0.25) is 4.79 Å². The van der Waals surface area contributed by atoms with Crippen LogP contribution in [0, 0.1) is 0 Å². The predicted octanol–water partition coefficient (Wildman–Crippen LogP) is 6.41. The SMILES string of the molecule is CCOC(=O)c1c(-c2ccc(Br)cc2)csc1NC(=O)/C=C/c1ccc(OCC)c(OC)c1. The lowest BCUT2D eigenvalue weighted by Crippen LogP contribution is -2.12. The van der Waals surface area contributed by atoms with Crippen LogP contribution in [0.3, 0.4) is 0 Å². The summed E-state index contributed by atoms with van der Waals surface area (Å²) in [6, 6.07) is 13.0. The Hall–Kier alpha value is -3.10. The molecule has 0 spiro atoms. The quantitative estimate of drug-likeness (QED) is 0.256. The molecule has 1 aromatic heterocycles. The van der Waals surface area contributed by atoms with E-state index in [1.54, 1.807) is 32.2 Å². The molecule has 0 unspecified atom stereocenters. The molecule has 0 aliphatic carbocycles. The molecule has 6 nitrogen and oxygen atoms in total. The Labute approximate surface area is 205 Å². The van der Waals surface area contributed by atoms with Crippen LogP contribution in [0.15, 0.2) is 58.4 Å². The highest BCUT2D eigenvalue weighted by atomic mass is 79.9. The molecule has 3 aromatic rings. The van der Waals surface area contributed by atoms with Crippen LogP contribution in [0.25, 0.3) is 17.2 Å². The summed E-state index contributed by atoms with van der Waals surface area (Å²) in [7, 11) is 1.56. The zero-order valence-corrected chi connectivity index (χ0v) is 20.9. The summed E-state index contributed by atoms with van der Waals surface area (Å²) in [5.41, 5.74) is 2.68. The highest BCUT2D eigenvalue weighted by Gasteiger charge is 2.22. The summed E-state index contributed by atoms with van der Waals surface area (Å²) < 4.78 is 17.0. The number of carbonyl (C=O) groups excluding carboxylic acids is 2. The second-order valence-corrected chi connectivity index (χ2v) is 8.54. The van der Waals surface area contributed by atoms with E-state index in [4.69, 9.17) is 14.2 Å². The van der Waals surface area contributed by atoms with Crippen molar-refractivity contribution in [3.63, 3.8) is 0 Å². The number of benzene rings is 2. The Kier molecular flexibility index (Phi) is 8.68. The zero-order chi connectivity index (χ0) is 23.8. The number of ether oxygens (including phenoxy) is 3. The van der Waals surface area contributed by atoms with Gasteiger partial charge in [0.1, 0.15) is 10.6 Å². The minimum absolute atomic E-state index is 0.237. The van der Waals surface area contributed by atoms with Gasteiger partial charge in [-0.1, -0.05) is 34.1 Å². The van der Waals surface area contributed by atoms with Crippen molar-refractivity contribution in [3.8, 4) is 22.6 Å². The van der Waals surface area contributed by atoms with E-state index in [-0.39, 0.29) is 12.5 Å². The first kappa shape index (κ1) is 24.5. The normalized spacial score (nSPS) is 10.8. The minimum Gasteiger partial charge on any atom is -0.493 e. The number of nitrogens with one attached hydrogen (secondary N) is 1. The summed E-state index contributed by atoms with van der Waals surface area (Å²) in [6.45, 7) is 4.41. The Morgan fingerprint density at radius 1 is 1.06 bits per heavy atom. The van der Waals surface area contributed by atoms with Gasteiger partial charge >= 0.3 is 5.97 Å². The van der Waals surface area contributed by atoms with E-state index < -0.39 is 5.97 Å². The van der Waals surface area contributed by atoms with Gasteiger partial charge in [0.2, 0.25) is 5.91 Å². The van der Waals surface area contributed by atoms with E-state index in [9.17, 15) is 9.59 Å². The van der Waals surface area contributed by atoms with Crippen LogP contribution in [-0.4, -0.2) is 32.2 Å². The molecule has 0 bridgehead atoms. The van der Waals surface area contributed by atoms with E-state index in [0.29, 0.717) is 34.2 Å². The van der Waals surface area contributed by atoms with Gasteiger partial charge in [0, 0.05) is 21.5 Å². The Balaban J connectivity index is 1.83. The number of anilines is 1. The van der Waals surface area contributed by atoms with Crippen LogP contribution in [0.4, 0.5) is 5.00 Å². The van der Waals surface area contributed by atoms with Crippen LogP contribution < -0.4 is 14.8 Å². The lowest BCUT2D eigenvalue weighted by molar-refractivity contribution is -0.111. The van der Waals surface area contributed by atoms with E-state index >= 15 is 0 Å². The number of esters is 1. The molecule has 0 saturated carbocycles. The molecule has 0 aliphatic heterocycles. The second-order valence-electron chi connectivity index (χ2n) is 6.75. The minimum atomic E-state index is -0.479. The third-order valence-corrected chi connectivity index (χ3v) is 6.00. The Morgan fingerprint density at radius 2 is 1.82 bits per heavy atom. The molecule has 0 atom stereocenters. The molecule has 0 fully saturated rings. The average molecular weight is 530 g/mol. The van der Waals surface area contributed by atoms with Crippen molar-refractivity contribution in [2.24, 2.45) is 0 Å². The first-order chi connectivity index (χ1) is 16.0. The van der Waals surface area contributed by atoms with Crippen LogP contribution in [0.5, 0.6) is 11.5 Å². The van der Waals surface area contributed by atoms with Crippen molar-refractivity contribution < 1.29 is 23.8 Å². The third kappa shape index (κ3) is 6.24. The van der Waals surface area contributed by atoms with E-state index in [0.717, 1.165) is 15.6 Å². The maximum absolute atomic E-state index is 12.7. The molecule has 2 aromatic carbocycles. The fourth-order valence-electron chi connectivity index (χ4n) is 3.09. The van der Waals surface area contributed by atoms with Gasteiger partial charge in [-0.05, 0) is 55.3 Å². The van der Waals surface area contributed by atoms with Gasteiger partial charge in [0.15, 0.2) is 11.5 Å².